The number of hydrogen-bond donors (Lipinski definition) is 0. The van der Waals surface area contributed by atoms with Crippen LogP contribution < -0.4 is 0 Å². The van der Waals surface area contributed by atoms with E-state index in [-0.39, 0.29) is 0 Å². The van der Waals surface area contributed by atoms with E-state index in [0.717, 1.165) is 6.04 Å². The van der Waals surface area contributed by atoms with Crippen LogP contribution in [0.3, 0.4) is 0 Å². The first-order valence-corrected chi connectivity index (χ1v) is 5.37. The number of rotatable bonds is 4. The van der Waals surface area contributed by atoms with E-state index in [1.807, 2.05) is 18.7 Å². The normalized spacial score (nSPS) is 12.6. The van der Waals surface area contributed by atoms with Gasteiger partial charge in [0.1, 0.15) is 0 Å². The molecule has 0 saturated carbocycles. The van der Waals surface area contributed by atoms with Gasteiger partial charge < -0.3 is 8.85 Å². The van der Waals surface area contributed by atoms with Crippen molar-refractivity contribution in [3.63, 3.8) is 0 Å². The fourth-order valence-electron chi connectivity index (χ4n) is 1.05. The lowest BCUT2D eigenvalue weighted by Gasteiger charge is -2.31. The minimum atomic E-state index is -1.96. The van der Waals surface area contributed by atoms with E-state index < -0.39 is 8.72 Å². The highest BCUT2D eigenvalue weighted by atomic mass is 28.4. The van der Waals surface area contributed by atoms with Crippen LogP contribution in [0.5, 0.6) is 0 Å². The Kier molecular flexibility index (Phi) is 4.11. The van der Waals surface area contributed by atoms with Gasteiger partial charge in [-0.1, -0.05) is 6.92 Å². The Morgan fingerprint density at radius 3 is 1.60 bits per heavy atom. The summed E-state index contributed by atoms with van der Waals surface area (Å²) in [6.45, 7) is 2.08. The fourth-order valence-corrected chi connectivity index (χ4v) is 3.16. The summed E-state index contributed by atoms with van der Waals surface area (Å²) in [5.74, 6) is 0. The van der Waals surface area contributed by atoms with Crippen LogP contribution in [0.25, 0.3) is 0 Å². The molecule has 0 spiro atoms. The first kappa shape index (κ1) is 10.1. The molecular formula is C6H17NO2Si. The molecule has 0 fully saturated rings. The van der Waals surface area contributed by atoms with E-state index in [1.54, 1.807) is 14.2 Å². The predicted molar refractivity (Wildman–Crippen MR) is 43.9 cm³/mol. The summed E-state index contributed by atoms with van der Waals surface area (Å²) in [6.07, 6.45) is 0. The molecule has 0 amide bonds. The topological polar surface area (TPSA) is 21.7 Å². The highest BCUT2D eigenvalue weighted by Crippen LogP contribution is 2.12. The molecule has 0 aromatic carbocycles. The first-order chi connectivity index (χ1) is 4.63. The molecule has 0 saturated heterocycles. The second-order valence-corrected chi connectivity index (χ2v) is 6.21. The minimum Gasteiger partial charge on any atom is -0.386 e. The SMILES string of the molecule is CC[Si](OC)(OC)N(C)C. The smallest absolute Gasteiger partial charge is 0.386 e. The van der Waals surface area contributed by atoms with Crippen molar-refractivity contribution in [3.8, 4) is 0 Å². The molecule has 0 atom stereocenters. The lowest BCUT2D eigenvalue weighted by Crippen LogP contribution is -2.53. The maximum Gasteiger partial charge on any atom is 0.426 e. The van der Waals surface area contributed by atoms with Gasteiger partial charge in [0.25, 0.3) is 0 Å². The lowest BCUT2D eigenvalue weighted by molar-refractivity contribution is 0.188. The molecule has 10 heavy (non-hydrogen) atoms. The van der Waals surface area contributed by atoms with Crippen molar-refractivity contribution in [1.82, 2.24) is 4.57 Å². The second-order valence-electron chi connectivity index (χ2n) is 2.37. The van der Waals surface area contributed by atoms with Gasteiger partial charge in [-0.25, -0.2) is 0 Å². The predicted octanol–water partition coefficient (Wildman–Crippen LogP) is 0.800. The Morgan fingerprint density at radius 2 is 1.60 bits per heavy atom. The zero-order chi connectivity index (χ0) is 8.20. The molecular weight excluding hydrogens is 146 g/mol. The van der Waals surface area contributed by atoms with Crippen LogP contribution in [0.1, 0.15) is 6.92 Å². The van der Waals surface area contributed by atoms with Gasteiger partial charge in [-0.05, 0) is 14.1 Å². The Balaban J connectivity index is 4.15. The first-order valence-electron chi connectivity index (χ1n) is 3.40. The summed E-state index contributed by atoms with van der Waals surface area (Å²) >= 11 is 0. The molecule has 0 aliphatic heterocycles. The third-order valence-electron chi connectivity index (χ3n) is 1.77. The van der Waals surface area contributed by atoms with Gasteiger partial charge >= 0.3 is 8.72 Å². The molecule has 0 aliphatic carbocycles. The van der Waals surface area contributed by atoms with Gasteiger partial charge in [0.05, 0.1) is 0 Å². The Labute approximate surface area is 64.3 Å². The van der Waals surface area contributed by atoms with E-state index in [0.29, 0.717) is 0 Å². The Bertz CT molecular complexity index is 85.5. The van der Waals surface area contributed by atoms with Gasteiger partial charge in [-0.15, -0.1) is 0 Å². The van der Waals surface area contributed by atoms with E-state index in [9.17, 15) is 0 Å². The van der Waals surface area contributed by atoms with Crippen molar-refractivity contribution in [1.29, 1.82) is 0 Å². The summed E-state index contributed by atoms with van der Waals surface area (Å²) in [4.78, 5) is 0. The van der Waals surface area contributed by atoms with Crippen molar-refractivity contribution >= 4 is 8.72 Å². The van der Waals surface area contributed by atoms with Crippen LogP contribution in [0.2, 0.25) is 6.04 Å². The molecule has 0 radical (unpaired) electrons. The Hall–Kier alpha value is 0.0969. The largest absolute Gasteiger partial charge is 0.426 e. The van der Waals surface area contributed by atoms with Crippen molar-refractivity contribution in [3.05, 3.63) is 0 Å². The second kappa shape index (κ2) is 4.08. The van der Waals surface area contributed by atoms with Gasteiger partial charge in [0.15, 0.2) is 0 Å². The summed E-state index contributed by atoms with van der Waals surface area (Å²) in [5.41, 5.74) is 0. The van der Waals surface area contributed by atoms with Gasteiger partial charge in [0, 0.05) is 20.3 Å². The van der Waals surface area contributed by atoms with Crippen molar-refractivity contribution in [2.24, 2.45) is 0 Å². The summed E-state index contributed by atoms with van der Waals surface area (Å²) < 4.78 is 12.7. The van der Waals surface area contributed by atoms with Crippen LogP contribution >= 0.6 is 0 Å². The van der Waals surface area contributed by atoms with Gasteiger partial charge in [-0.2, -0.15) is 0 Å². The van der Waals surface area contributed by atoms with E-state index >= 15 is 0 Å². The average Bonchev–Trinajstić information content (AvgIpc) is 1.92. The zero-order valence-electron chi connectivity index (χ0n) is 7.47. The monoisotopic (exact) mass is 163 g/mol. The molecule has 0 unspecified atom stereocenters. The number of hydrogen-bond acceptors (Lipinski definition) is 3. The lowest BCUT2D eigenvalue weighted by atomic mass is 11.0. The third-order valence-corrected chi connectivity index (χ3v) is 5.30. The molecule has 0 rings (SSSR count). The molecule has 62 valence electrons. The van der Waals surface area contributed by atoms with Gasteiger partial charge in [0.2, 0.25) is 0 Å². The molecule has 0 aromatic rings. The quantitative estimate of drug-likeness (QED) is 0.572. The molecule has 0 heterocycles. The van der Waals surface area contributed by atoms with E-state index in [4.69, 9.17) is 8.85 Å². The molecule has 0 aromatic heterocycles. The summed E-state index contributed by atoms with van der Waals surface area (Å²) in [7, 11) is 5.43. The zero-order valence-corrected chi connectivity index (χ0v) is 8.47. The van der Waals surface area contributed by atoms with Crippen molar-refractivity contribution < 1.29 is 8.85 Å². The van der Waals surface area contributed by atoms with Crippen LogP contribution in [0, 0.1) is 0 Å². The van der Waals surface area contributed by atoms with Crippen LogP contribution in [0.15, 0.2) is 0 Å². The summed E-state index contributed by atoms with van der Waals surface area (Å²) in [6, 6.07) is 0.951. The Morgan fingerprint density at radius 1 is 1.20 bits per heavy atom. The maximum atomic E-state index is 5.34. The fraction of sp³-hybridized carbons (Fsp3) is 1.00. The molecule has 4 heteroatoms. The van der Waals surface area contributed by atoms with Crippen molar-refractivity contribution in [2.75, 3.05) is 28.3 Å². The highest BCUT2D eigenvalue weighted by molar-refractivity contribution is 6.64. The average molecular weight is 163 g/mol. The molecule has 0 N–H and O–H groups in total. The third kappa shape index (κ3) is 1.79. The van der Waals surface area contributed by atoms with Gasteiger partial charge in [-0.3, -0.25) is 4.57 Å². The standard InChI is InChI=1S/C6H17NO2Si/c1-6-10(8-4,9-5)7(2)3/h6H2,1-5H3. The minimum absolute atomic E-state index is 0.951. The number of nitrogens with zero attached hydrogens (tertiary/aromatic N) is 1. The van der Waals surface area contributed by atoms with Crippen LogP contribution in [-0.2, 0) is 8.85 Å². The van der Waals surface area contributed by atoms with E-state index in [2.05, 4.69) is 6.92 Å². The van der Waals surface area contributed by atoms with Crippen molar-refractivity contribution in [2.45, 2.75) is 13.0 Å². The summed E-state index contributed by atoms with van der Waals surface area (Å²) in [5, 5.41) is 0. The molecule has 0 aliphatic rings. The van der Waals surface area contributed by atoms with Crippen LogP contribution in [-0.4, -0.2) is 41.6 Å². The molecule has 3 nitrogen and oxygen atoms in total. The maximum absolute atomic E-state index is 5.34. The molecule has 0 bridgehead atoms. The van der Waals surface area contributed by atoms with Crippen LogP contribution in [0.4, 0.5) is 0 Å². The van der Waals surface area contributed by atoms with E-state index in [1.165, 1.54) is 0 Å². The highest BCUT2D eigenvalue weighted by Gasteiger charge is 2.36.